The lowest BCUT2D eigenvalue weighted by Crippen LogP contribution is -2.67. The van der Waals surface area contributed by atoms with E-state index in [0.29, 0.717) is 0 Å². The molecule has 2 aliphatic carbocycles. The molecule has 5 atom stereocenters. The summed E-state index contributed by atoms with van der Waals surface area (Å²) in [6, 6.07) is -0.252. The average molecular weight is 275 g/mol. The summed E-state index contributed by atoms with van der Waals surface area (Å²) in [6.07, 6.45) is 1.42. The fourth-order valence-corrected chi connectivity index (χ4v) is 3.25. The molecule has 0 aliphatic heterocycles. The SMILES string of the molecule is OC[C@]1(O)C[C@@H](NC2CCCCC2)[C@@H](O)[C@H](O)[C@H]1O. The Morgan fingerprint density at radius 2 is 1.63 bits per heavy atom. The summed E-state index contributed by atoms with van der Waals surface area (Å²) >= 11 is 0. The first-order valence-corrected chi connectivity index (χ1v) is 7.11. The number of rotatable bonds is 3. The number of aliphatic hydroxyl groups is 5. The van der Waals surface area contributed by atoms with Crippen molar-refractivity contribution in [2.45, 2.75) is 74.5 Å². The molecule has 0 aromatic heterocycles. The van der Waals surface area contributed by atoms with Gasteiger partial charge in [-0.2, -0.15) is 0 Å². The Morgan fingerprint density at radius 1 is 1.00 bits per heavy atom. The third-order valence-corrected chi connectivity index (χ3v) is 4.54. The molecule has 0 unspecified atom stereocenters. The van der Waals surface area contributed by atoms with Gasteiger partial charge < -0.3 is 30.8 Å². The second-order valence-corrected chi connectivity index (χ2v) is 6.00. The zero-order chi connectivity index (χ0) is 14.0. The smallest absolute Gasteiger partial charge is 0.118 e. The van der Waals surface area contributed by atoms with Crippen LogP contribution in [0.5, 0.6) is 0 Å². The van der Waals surface area contributed by atoms with Crippen LogP contribution in [0.15, 0.2) is 0 Å². The topological polar surface area (TPSA) is 113 Å². The van der Waals surface area contributed by atoms with Crippen LogP contribution in [0.3, 0.4) is 0 Å². The molecule has 0 saturated heterocycles. The van der Waals surface area contributed by atoms with Crippen LogP contribution in [0, 0.1) is 0 Å². The van der Waals surface area contributed by atoms with E-state index in [2.05, 4.69) is 5.32 Å². The molecule has 2 aliphatic rings. The van der Waals surface area contributed by atoms with Gasteiger partial charge in [0.05, 0.1) is 12.7 Å². The monoisotopic (exact) mass is 275 g/mol. The average Bonchev–Trinajstić information content (AvgIpc) is 2.43. The minimum atomic E-state index is -1.76. The molecular formula is C13H25NO5. The Labute approximate surface area is 113 Å². The molecule has 6 N–H and O–H groups in total. The second-order valence-electron chi connectivity index (χ2n) is 6.00. The third-order valence-electron chi connectivity index (χ3n) is 4.54. The minimum Gasteiger partial charge on any atom is -0.393 e. The van der Waals surface area contributed by atoms with E-state index < -0.39 is 36.6 Å². The molecule has 0 heterocycles. The van der Waals surface area contributed by atoms with Crippen LogP contribution in [-0.4, -0.2) is 68.1 Å². The van der Waals surface area contributed by atoms with Gasteiger partial charge in [0.1, 0.15) is 17.8 Å². The number of hydrogen-bond donors (Lipinski definition) is 6. The molecule has 0 radical (unpaired) electrons. The van der Waals surface area contributed by atoms with Crippen molar-refractivity contribution in [1.82, 2.24) is 5.32 Å². The van der Waals surface area contributed by atoms with Crippen molar-refractivity contribution in [3.8, 4) is 0 Å². The van der Waals surface area contributed by atoms with Crippen LogP contribution in [-0.2, 0) is 0 Å². The lowest BCUT2D eigenvalue weighted by Gasteiger charge is -2.46. The standard InChI is InChI=1S/C13H25NO5/c15-7-13(19)6-9(10(16)11(17)12(13)18)14-8-4-2-1-3-5-8/h8-12,14-19H,1-7H2/t9-,10-,11+,12-,13-/m1/s1. The van der Waals surface area contributed by atoms with E-state index >= 15 is 0 Å². The predicted molar refractivity (Wildman–Crippen MR) is 68.5 cm³/mol. The first kappa shape index (κ1) is 15.2. The zero-order valence-electron chi connectivity index (χ0n) is 11.1. The van der Waals surface area contributed by atoms with Crippen LogP contribution < -0.4 is 5.32 Å². The highest BCUT2D eigenvalue weighted by atomic mass is 16.4. The molecule has 0 amide bonds. The highest BCUT2D eigenvalue weighted by Crippen LogP contribution is 2.30. The summed E-state index contributed by atoms with van der Waals surface area (Å²) in [4.78, 5) is 0. The van der Waals surface area contributed by atoms with Crippen molar-refractivity contribution in [1.29, 1.82) is 0 Å². The number of hydrogen-bond acceptors (Lipinski definition) is 6. The van der Waals surface area contributed by atoms with Gasteiger partial charge in [-0.05, 0) is 19.3 Å². The quantitative estimate of drug-likeness (QED) is 0.373. The molecule has 2 saturated carbocycles. The first-order valence-electron chi connectivity index (χ1n) is 7.11. The van der Waals surface area contributed by atoms with E-state index in [9.17, 15) is 25.5 Å². The summed E-state index contributed by atoms with van der Waals surface area (Å²) in [7, 11) is 0. The van der Waals surface area contributed by atoms with E-state index in [1.54, 1.807) is 0 Å². The molecule has 112 valence electrons. The maximum atomic E-state index is 10.1. The van der Waals surface area contributed by atoms with Gasteiger partial charge in [-0.3, -0.25) is 0 Å². The van der Waals surface area contributed by atoms with E-state index in [-0.39, 0.29) is 12.5 Å². The van der Waals surface area contributed by atoms with Crippen molar-refractivity contribution in [3.05, 3.63) is 0 Å². The van der Waals surface area contributed by atoms with Gasteiger partial charge in [0.25, 0.3) is 0 Å². The third kappa shape index (κ3) is 3.09. The van der Waals surface area contributed by atoms with Crippen molar-refractivity contribution in [2.24, 2.45) is 0 Å². The number of aliphatic hydroxyl groups excluding tert-OH is 4. The van der Waals surface area contributed by atoms with Gasteiger partial charge in [-0.1, -0.05) is 19.3 Å². The predicted octanol–water partition coefficient (Wildman–Crippen LogP) is -1.51. The van der Waals surface area contributed by atoms with E-state index in [0.717, 1.165) is 25.7 Å². The van der Waals surface area contributed by atoms with Gasteiger partial charge >= 0.3 is 0 Å². The molecule has 2 rings (SSSR count). The molecule has 2 fully saturated rings. The van der Waals surface area contributed by atoms with Crippen molar-refractivity contribution < 1.29 is 25.5 Å². The lowest BCUT2D eigenvalue weighted by atomic mass is 9.76. The van der Waals surface area contributed by atoms with Gasteiger partial charge in [-0.15, -0.1) is 0 Å². The van der Waals surface area contributed by atoms with Gasteiger partial charge in [0.2, 0.25) is 0 Å². The summed E-state index contributed by atoms with van der Waals surface area (Å²) in [6.45, 7) is -0.638. The molecular weight excluding hydrogens is 250 g/mol. The first-order chi connectivity index (χ1) is 8.98. The van der Waals surface area contributed by atoms with Crippen molar-refractivity contribution >= 4 is 0 Å². The molecule has 0 bridgehead atoms. The summed E-state index contributed by atoms with van der Waals surface area (Å²) < 4.78 is 0. The Hall–Kier alpha value is -0.240. The highest BCUT2D eigenvalue weighted by Gasteiger charge is 2.51. The van der Waals surface area contributed by atoms with Crippen molar-refractivity contribution in [2.75, 3.05) is 6.61 Å². The number of nitrogens with one attached hydrogen (secondary N) is 1. The Bertz CT molecular complexity index is 297. The van der Waals surface area contributed by atoms with Crippen LogP contribution >= 0.6 is 0 Å². The second kappa shape index (κ2) is 6.03. The van der Waals surface area contributed by atoms with E-state index in [1.165, 1.54) is 6.42 Å². The normalized spacial score (nSPS) is 45.3. The highest BCUT2D eigenvalue weighted by molar-refractivity contribution is 5.05. The molecule has 6 nitrogen and oxygen atoms in total. The van der Waals surface area contributed by atoms with E-state index in [1.807, 2.05) is 0 Å². The molecule has 0 aromatic rings. The van der Waals surface area contributed by atoms with Gasteiger partial charge in [0.15, 0.2) is 0 Å². The fraction of sp³-hybridized carbons (Fsp3) is 1.00. The summed E-state index contributed by atoms with van der Waals surface area (Å²) in [5, 5.41) is 52.1. The maximum Gasteiger partial charge on any atom is 0.118 e. The Morgan fingerprint density at radius 3 is 2.21 bits per heavy atom. The molecule has 0 aromatic carbocycles. The fourth-order valence-electron chi connectivity index (χ4n) is 3.25. The molecule has 19 heavy (non-hydrogen) atoms. The van der Waals surface area contributed by atoms with Crippen LogP contribution in [0.25, 0.3) is 0 Å². The zero-order valence-corrected chi connectivity index (χ0v) is 11.1. The summed E-state index contributed by atoms with van der Waals surface area (Å²) in [5.41, 5.74) is -1.76. The lowest BCUT2D eigenvalue weighted by molar-refractivity contribution is -0.207. The van der Waals surface area contributed by atoms with Gasteiger partial charge in [-0.25, -0.2) is 0 Å². The molecule has 6 heteroatoms. The molecule has 0 spiro atoms. The van der Waals surface area contributed by atoms with Crippen molar-refractivity contribution in [3.63, 3.8) is 0 Å². The van der Waals surface area contributed by atoms with Crippen LogP contribution in [0.1, 0.15) is 38.5 Å². The Balaban J connectivity index is 2.02. The maximum absolute atomic E-state index is 10.1. The largest absolute Gasteiger partial charge is 0.393 e. The minimum absolute atomic E-state index is 0.0272. The summed E-state index contributed by atoms with van der Waals surface area (Å²) in [5.74, 6) is 0. The van der Waals surface area contributed by atoms with Gasteiger partial charge in [0, 0.05) is 12.1 Å². The van der Waals surface area contributed by atoms with Crippen LogP contribution in [0.2, 0.25) is 0 Å². The Kier molecular flexibility index (Phi) is 4.81. The van der Waals surface area contributed by atoms with E-state index in [4.69, 9.17) is 0 Å². The van der Waals surface area contributed by atoms with Crippen LogP contribution in [0.4, 0.5) is 0 Å².